The lowest BCUT2D eigenvalue weighted by Gasteiger charge is -2.26. The maximum atomic E-state index is 13.1. The molecule has 8 nitrogen and oxygen atoms in total. The molecule has 164 valence electrons. The van der Waals surface area contributed by atoms with E-state index in [2.05, 4.69) is 34.0 Å². The molecule has 0 spiro atoms. The van der Waals surface area contributed by atoms with Crippen molar-refractivity contribution in [3.05, 3.63) is 48.2 Å². The molecule has 2 aliphatic rings. The normalized spacial score (nSPS) is 20.5. The standard InChI is InChI=1S/C23H29N5O3/c1-23(2)13-15-11-18(27-22(30)17(14-24)21-25-7-4-8-26-21)19(12-20(15)31-23)28-9-3-5-16(29)6-10-28/h4,7-8,11-12,14,16,29H,3,5-6,9-10,13,24H2,1-2H3,(H,27,30). The van der Waals surface area contributed by atoms with Crippen LogP contribution < -0.4 is 20.7 Å². The van der Waals surface area contributed by atoms with Crippen LogP contribution in [-0.4, -0.2) is 45.8 Å². The maximum absolute atomic E-state index is 13.1. The first-order chi connectivity index (χ1) is 14.9. The van der Waals surface area contributed by atoms with Crippen LogP contribution in [0, 0.1) is 0 Å². The van der Waals surface area contributed by atoms with Crippen LogP contribution in [0.15, 0.2) is 36.8 Å². The summed E-state index contributed by atoms with van der Waals surface area (Å²) in [5.41, 5.74) is 8.27. The molecular formula is C23H29N5O3. The maximum Gasteiger partial charge on any atom is 0.261 e. The zero-order chi connectivity index (χ0) is 22.0. The van der Waals surface area contributed by atoms with E-state index in [0.29, 0.717) is 18.7 Å². The number of hydrogen-bond acceptors (Lipinski definition) is 7. The highest BCUT2D eigenvalue weighted by molar-refractivity contribution is 6.24. The highest BCUT2D eigenvalue weighted by Gasteiger charge is 2.32. The van der Waals surface area contributed by atoms with Crippen LogP contribution in [0.3, 0.4) is 0 Å². The number of rotatable bonds is 4. The summed E-state index contributed by atoms with van der Waals surface area (Å²) in [6.07, 6.45) is 7.17. The summed E-state index contributed by atoms with van der Waals surface area (Å²) >= 11 is 0. The lowest BCUT2D eigenvalue weighted by Crippen LogP contribution is -2.27. The van der Waals surface area contributed by atoms with Crippen molar-refractivity contribution in [1.29, 1.82) is 0 Å². The first-order valence-corrected chi connectivity index (χ1v) is 10.7. The quantitative estimate of drug-likeness (QED) is 0.648. The van der Waals surface area contributed by atoms with E-state index in [0.717, 1.165) is 42.8 Å². The fourth-order valence-corrected chi connectivity index (χ4v) is 4.20. The van der Waals surface area contributed by atoms with E-state index < -0.39 is 0 Å². The molecule has 0 bridgehead atoms. The van der Waals surface area contributed by atoms with E-state index in [1.54, 1.807) is 18.5 Å². The number of amides is 1. The number of hydrogen-bond donors (Lipinski definition) is 3. The predicted molar refractivity (Wildman–Crippen MR) is 120 cm³/mol. The second kappa shape index (κ2) is 8.55. The molecule has 1 unspecified atom stereocenters. The molecule has 1 amide bonds. The van der Waals surface area contributed by atoms with Gasteiger partial charge in [-0.1, -0.05) is 0 Å². The van der Waals surface area contributed by atoms with Gasteiger partial charge in [-0.25, -0.2) is 9.97 Å². The Hall–Kier alpha value is -3.13. The number of aliphatic hydroxyl groups excluding tert-OH is 1. The number of nitrogens with two attached hydrogens (primary N) is 1. The number of aliphatic hydroxyl groups is 1. The largest absolute Gasteiger partial charge is 0.487 e. The van der Waals surface area contributed by atoms with Crippen LogP contribution in [0.4, 0.5) is 11.4 Å². The second-order valence-electron chi connectivity index (χ2n) is 8.69. The molecule has 0 saturated carbocycles. The van der Waals surface area contributed by atoms with Gasteiger partial charge in [0.15, 0.2) is 5.82 Å². The van der Waals surface area contributed by atoms with Crippen molar-refractivity contribution in [3.8, 4) is 5.75 Å². The van der Waals surface area contributed by atoms with E-state index in [1.807, 2.05) is 12.1 Å². The number of aromatic nitrogens is 2. The number of fused-ring (bicyclic) bond motifs is 1. The number of carbonyl (C=O) groups is 1. The Morgan fingerprint density at radius 2 is 2.06 bits per heavy atom. The van der Waals surface area contributed by atoms with Gasteiger partial charge in [0.1, 0.15) is 11.4 Å². The van der Waals surface area contributed by atoms with Gasteiger partial charge in [-0.15, -0.1) is 0 Å². The van der Waals surface area contributed by atoms with Gasteiger partial charge < -0.3 is 25.8 Å². The SMILES string of the molecule is CC1(C)Cc2cc(NC(=O)C(=CN)c3ncccn3)c(N3CCCC(O)CC3)cc2O1. The molecular weight excluding hydrogens is 394 g/mol. The summed E-state index contributed by atoms with van der Waals surface area (Å²) in [5.74, 6) is 0.735. The molecule has 1 fully saturated rings. The van der Waals surface area contributed by atoms with E-state index in [-0.39, 0.29) is 29.0 Å². The van der Waals surface area contributed by atoms with Crippen LogP contribution >= 0.6 is 0 Å². The second-order valence-corrected chi connectivity index (χ2v) is 8.69. The summed E-state index contributed by atoms with van der Waals surface area (Å²) in [6, 6.07) is 5.67. The van der Waals surface area contributed by atoms with Crippen molar-refractivity contribution >= 4 is 22.9 Å². The number of nitrogens with zero attached hydrogens (tertiary/aromatic N) is 3. The summed E-state index contributed by atoms with van der Waals surface area (Å²) in [7, 11) is 0. The Morgan fingerprint density at radius 3 is 2.81 bits per heavy atom. The minimum absolute atomic E-state index is 0.204. The molecule has 0 aliphatic carbocycles. The zero-order valence-corrected chi connectivity index (χ0v) is 18.0. The van der Waals surface area contributed by atoms with E-state index in [4.69, 9.17) is 10.5 Å². The first kappa shape index (κ1) is 21.1. The molecule has 3 heterocycles. The molecule has 1 atom stereocenters. The summed E-state index contributed by atoms with van der Waals surface area (Å²) in [6.45, 7) is 5.60. The minimum atomic E-state index is -0.372. The van der Waals surface area contributed by atoms with Gasteiger partial charge in [0.05, 0.1) is 23.1 Å². The summed E-state index contributed by atoms with van der Waals surface area (Å²) in [4.78, 5) is 23.6. The fourth-order valence-electron chi connectivity index (χ4n) is 4.20. The molecule has 31 heavy (non-hydrogen) atoms. The molecule has 1 saturated heterocycles. The Kier molecular flexibility index (Phi) is 5.82. The lowest BCUT2D eigenvalue weighted by atomic mass is 10.0. The molecule has 0 radical (unpaired) electrons. The van der Waals surface area contributed by atoms with Crippen molar-refractivity contribution in [3.63, 3.8) is 0 Å². The average Bonchev–Trinajstić information content (AvgIpc) is 2.88. The monoisotopic (exact) mass is 423 g/mol. The number of anilines is 2. The Bertz CT molecular complexity index is 990. The van der Waals surface area contributed by atoms with Gasteiger partial charge in [0.2, 0.25) is 0 Å². The topological polar surface area (TPSA) is 114 Å². The zero-order valence-electron chi connectivity index (χ0n) is 18.0. The highest BCUT2D eigenvalue weighted by Crippen LogP contribution is 2.42. The predicted octanol–water partition coefficient (Wildman–Crippen LogP) is 2.48. The third kappa shape index (κ3) is 4.64. The van der Waals surface area contributed by atoms with Gasteiger partial charge in [-0.05, 0) is 45.2 Å². The van der Waals surface area contributed by atoms with E-state index in [1.165, 1.54) is 6.20 Å². The third-order valence-corrected chi connectivity index (χ3v) is 5.69. The van der Waals surface area contributed by atoms with E-state index in [9.17, 15) is 9.90 Å². The van der Waals surface area contributed by atoms with Crippen molar-refractivity contribution in [2.75, 3.05) is 23.3 Å². The number of nitrogens with one attached hydrogen (secondary N) is 1. The molecule has 1 aromatic heterocycles. The fraction of sp³-hybridized carbons (Fsp3) is 0.435. The smallest absolute Gasteiger partial charge is 0.261 e. The van der Waals surface area contributed by atoms with Crippen molar-refractivity contribution in [1.82, 2.24) is 9.97 Å². The van der Waals surface area contributed by atoms with Crippen LogP contribution in [0.25, 0.3) is 5.57 Å². The minimum Gasteiger partial charge on any atom is -0.487 e. The Labute approximate surface area is 182 Å². The molecule has 2 aliphatic heterocycles. The molecule has 4 rings (SSSR count). The average molecular weight is 424 g/mol. The Balaban J connectivity index is 1.68. The number of ether oxygens (including phenoxy) is 1. The summed E-state index contributed by atoms with van der Waals surface area (Å²) < 4.78 is 6.14. The van der Waals surface area contributed by atoms with Crippen molar-refractivity contribution in [2.45, 2.75) is 51.2 Å². The number of benzene rings is 1. The first-order valence-electron chi connectivity index (χ1n) is 10.7. The van der Waals surface area contributed by atoms with Gasteiger partial charge in [-0.3, -0.25) is 4.79 Å². The summed E-state index contributed by atoms with van der Waals surface area (Å²) in [5, 5.41) is 13.1. The van der Waals surface area contributed by atoms with Crippen LogP contribution in [0.5, 0.6) is 5.75 Å². The lowest BCUT2D eigenvalue weighted by molar-refractivity contribution is -0.111. The molecule has 8 heteroatoms. The molecule has 4 N–H and O–H groups in total. The highest BCUT2D eigenvalue weighted by atomic mass is 16.5. The van der Waals surface area contributed by atoms with Crippen LogP contribution in [-0.2, 0) is 11.2 Å². The van der Waals surface area contributed by atoms with Crippen LogP contribution in [0.1, 0.15) is 44.5 Å². The van der Waals surface area contributed by atoms with Gasteiger partial charge in [0, 0.05) is 49.7 Å². The third-order valence-electron chi connectivity index (χ3n) is 5.69. The van der Waals surface area contributed by atoms with E-state index >= 15 is 0 Å². The number of carbonyl (C=O) groups excluding carboxylic acids is 1. The molecule has 1 aromatic carbocycles. The van der Waals surface area contributed by atoms with Gasteiger partial charge in [-0.2, -0.15) is 0 Å². The van der Waals surface area contributed by atoms with Crippen LogP contribution in [0.2, 0.25) is 0 Å². The Morgan fingerprint density at radius 1 is 1.29 bits per heavy atom. The molecule has 2 aromatic rings. The van der Waals surface area contributed by atoms with Gasteiger partial charge >= 0.3 is 0 Å². The van der Waals surface area contributed by atoms with Gasteiger partial charge in [0.25, 0.3) is 5.91 Å². The van der Waals surface area contributed by atoms with Crippen molar-refractivity contribution < 1.29 is 14.6 Å². The van der Waals surface area contributed by atoms with Crippen molar-refractivity contribution in [2.24, 2.45) is 5.73 Å².